The van der Waals surface area contributed by atoms with E-state index in [1.807, 2.05) is 0 Å². The number of rotatable bonds is 1. The Morgan fingerprint density at radius 2 is 2.19 bits per heavy atom. The summed E-state index contributed by atoms with van der Waals surface area (Å²) >= 11 is 5.96. The number of Topliss-reactive ketones (excluding diaryl/α,β-unsaturated/α-hetero) is 1. The lowest BCUT2D eigenvalue weighted by molar-refractivity contribution is -0.117. The third-order valence-corrected chi connectivity index (χ3v) is 3.28. The molecule has 0 spiro atoms. The molecule has 0 saturated carbocycles. The molecular weight excluding hydrogens is 299 g/mol. The molecular formula is C14H16ClFN2O3. The van der Waals surface area contributed by atoms with E-state index in [4.69, 9.17) is 16.3 Å². The first kappa shape index (κ1) is 15.7. The van der Waals surface area contributed by atoms with Crippen molar-refractivity contribution in [3.05, 3.63) is 28.8 Å². The van der Waals surface area contributed by atoms with E-state index < -0.39 is 23.6 Å². The van der Waals surface area contributed by atoms with E-state index in [1.165, 1.54) is 11.0 Å². The van der Waals surface area contributed by atoms with Gasteiger partial charge in [0, 0.05) is 12.0 Å². The van der Waals surface area contributed by atoms with Crippen molar-refractivity contribution in [1.29, 1.82) is 0 Å². The van der Waals surface area contributed by atoms with Gasteiger partial charge in [-0.05, 0) is 26.8 Å². The summed E-state index contributed by atoms with van der Waals surface area (Å²) in [6, 6.07) is 0.540. The molecule has 0 aromatic carbocycles. The molecule has 0 radical (unpaired) electrons. The zero-order valence-electron chi connectivity index (χ0n) is 12.0. The average Bonchev–Trinajstić information content (AvgIpc) is 2.72. The Morgan fingerprint density at radius 3 is 2.81 bits per heavy atom. The number of hydrogen-bond donors (Lipinski definition) is 0. The van der Waals surface area contributed by atoms with Crippen LogP contribution in [0.4, 0.5) is 9.18 Å². The van der Waals surface area contributed by atoms with Gasteiger partial charge in [-0.1, -0.05) is 11.6 Å². The Morgan fingerprint density at radius 1 is 1.52 bits per heavy atom. The van der Waals surface area contributed by atoms with Crippen LogP contribution in [0.5, 0.6) is 0 Å². The Hall–Kier alpha value is -1.69. The normalized spacial score (nSPS) is 19.0. The first-order chi connectivity index (χ1) is 9.67. The monoisotopic (exact) mass is 314 g/mol. The molecule has 7 heteroatoms. The van der Waals surface area contributed by atoms with Crippen LogP contribution >= 0.6 is 11.6 Å². The number of halogens is 2. The number of carbonyl (C=O) groups excluding carboxylic acids is 2. The molecule has 1 aliphatic rings. The molecule has 0 bridgehead atoms. The molecule has 1 aromatic rings. The van der Waals surface area contributed by atoms with Crippen LogP contribution in [0.1, 0.15) is 38.8 Å². The maximum absolute atomic E-state index is 13.4. The van der Waals surface area contributed by atoms with E-state index in [1.54, 1.807) is 20.8 Å². The van der Waals surface area contributed by atoms with Gasteiger partial charge in [-0.3, -0.25) is 9.69 Å². The van der Waals surface area contributed by atoms with Gasteiger partial charge in [0.1, 0.15) is 16.6 Å². The van der Waals surface area contributed by atoms with Gasteiger partial charge < -0.3 is 4.74 Å². The molecule has 1 amide bonds. The molecule has 0 N–H and O–H groups in total. The molecule has 2 heterocycles. The summed E-state index contributed by atoms with van der Waals surface area (Å²) in [7, 11) is 0. The first-order valence-corrected chi connectivity index (χ1v) is 6.87. The van der Waals surface area contributed by atoms with Crippen LogP contribution in [-0.2, 0) is 9.53 Å². The summed E-state index contributed by atoms with van der Waals surface area (Å²) in [4.78, 5) is 28.9. The second kappa shape index (κ2) is 5.60. The van der Waals surface area contributed by atoms with Crippen LogP contribution in [0, 0.1) is 5.82 Å². The second-order valence-corrected chi connectivity index (χ2v) is 6.26. The Bertz CT molecular complexity index is 586. The summed E-state index contributed by atoms with van der Waals surface area (Å²) in [5, 5.41) is 0.0738. The van der Waals surface area contributed by atoms with E-state index in [0.717, 1.165) is 6.20 Å². The predicted molar refractivity (Wildman–Crippen MR) is 74.5 cm³/mol. The van der Waals surface area contributed by atoms with Crippen LogP contribution in [0.2, 0.25) is 5.15 Å². The fourth-order valence-electron chi connectivity index (χ4n) is 2.15. The quantitative estimate of drug-likeness (QED) is 0.747. The highest BCUT2D eigenvalue weighted by molar-refractivity contribution is 6.30. The molecule has 1 unspecified atom stereocenters. The van der Waals surface area contributed by atoms with Crippen molar-refractivity contribution in [3.8, 4) is 0 Å². The third-order valence-electron chi connectivity index (χ3n) is 2.96. The maximum Gasteiger partial charge on any atom is 0.411 e. The SMILES string of the molecule is CC(C)(C)OC(=O)N1CC(=O)CC1c1cc(F)cnc1Cl. The lowest BCUT2D eigenvalue weighted by Gasteiger charge is -2.28. The van der Waals surface area contributed by atoms with Crippen LogP contribution in [-0.4, -0.2) is 33.9 Å². The molecule has 1 atom stereocenters. The second-order valence-electron chi connectivity index (χ2n) is 5.90. The fraction of sp³-hybridized carbons (Fsp3) is 0.500. The first-order valence-electron chi connectivity index (χ1n) is 6.49. The van der Waals surface area contributed by atoms with Crippen LogP contribution in [0.3, 0.4) is 0 Å². The number of pyridine rings is 1. The lowest BCUT2D eigenvalue weighted by Crippen LogP contribution is -2.37. The molecule has 1 aliphatic heterocycles. The summed E-state index contributed by atoms with van der Waals surface area (Å²) in [6.45, 7) is 5.12. The lowest BCUT2D eigenvalue weighted by atomic mass is 10.1. The summed E-state index contributed by atoms with van der Waals surface area (Å²) in [5.41, 5.74) is -0.370. The third kappa shape index (κ3) is 3.69. The summed E-state index contributed by atoms with van der Waals surface area (Å²) < 4.78 is 18.6. The van der Waals surface area contributed by atoms with Gasteiger partial charge in [-0.25, -0.2) is 14.2 Å². The maximum atomic E-state index is 13.4. The van der Waals surface area contributed by atoms with Crippen LogP contribution < -0.4 is 0 Å². The molecule has 1 fully saturated rings. The topological polar surface area (TPSA) is 59.5 Å². The molecule has 114 valence electrons. The predicted octanol–water partition coefficient (Wildman–Crippen LogP) is 3.13. The number of aromatic nitrogens is 1. The zero-order chi connectivity index (χ0) is 15.8. The van der Waals surface area contributed by atoms with Crippen molar-refractivity contribution in [2.75, 3.05) is 6.54 Å². The van der Waals surface area contributed by atoms with Gasteiger partial charge >= 0.3 is 6.09 Å². The molecule has 5 nitrogen and oxygen atoms in total. The van der Waals surface area contributed by atoms with Gasteiger partial charge in [0.25, 0.3) is 0 Å². The molecule has 2 rings (SSSR count). The number of carbonyl (C=O) groups is 2. The number of amides is 1. The molecule has 0 aliphatic carbocycles. The Kier molecular flexibility index (Phi) is 4.18. The van der Waals surface area contributed by atoms with E-state index in [2.05, 4.69) is 4.98 Å². The smallest absolute Gasteiger partial charge is 0.411 e. The molecule has 1 saturated heterocycles. The van der Waals surface area contributed by atoms with Crippen molar-refractivity contribution < 1.29 is 18.7 Å². The fourth-order valence-corrected chi connectivity index (χ4v) is 2.38. The Balaban J connectivity index is 2.30. The molecule has 1 aromatic heterocycles. The highest BCUT2D eigenvalue weighted by Gasteiger charge is 2.38. The van der Waals surface area contributed by atoms with Gasteiger partial charge in [0.15, 0.2) is 5.78 Å². The number of nitrogens with zero attached hydrogens (tertiary/aromatic N) is 2. The molecule has 21 heavy (non-hydrogen) atoms. The van der Waals surface area contributed by atoms with Gasteiger partial charge in [0.05, 0.1) is 18.8 Å². The van der Waals surface area contributed by atoms with E-state index in [0.29, 0.717) is 5.56 Å². The number of ketones is 1. The van der Waals surface area contributed by atoms with Gasteiger partial charge in [-0.2, -0.15) is 0 Å². The van der Waals surface area contributed by atoms with Crippen molar-refractivity contribution in [2.24, 2.45) is 0 Å². The number of hydrogen-bond acceptors (Lipinski definition) is 4. The minimum Gasteiger partial charge on any atom is -0.444 e. The largest absolute Gasteiger partial charge is 0.444 e. The van der Waals surface area contributed by atoms with E-state index >= 15 is 0 Å². The van der Waals surface area contributed by atoms with Gasteiger partial charge in [0.2, 0.25) is 0 Å². The van der Waals surface area contributed by atoms with Crippen molar-refractivity contribution in [3.63, 3.8) is 0 Å². The average molecular weight is 315 g/mol. The Labute approximate surface area is 127 Å². The zero-order valence-corrected chi connectivity index (χ0v) is 12.8. The number of ether oxygens (including phenoxy) is 1. The van der Waals surface area contributed by atoms with Crippen molar-refractivity contribution in [2.45, 2.75) is 38.8 Å². The summed E-state index contributed by atoms with van der Waals surface area (Å²) in [6.07, 6.45) is 0.434. The minimum atomic E-state index is -0.683. The van der Waals surface area contributed by atoms with E-state index in [9.17, 15) is 14.0 Å². The van der Waals surface area contributed by atoms with Crippen LogP contribution in [0.15, 0.2) is 12.3 Å². The van der Waals surface area contributed by atoms with Crippen molar-refractivity contribution in [1.82, 2.24) is 9.88 Å². The summed E-state index contributed by atoms with van der Waals surface area (Å²) in [5.74, 6) is -0.705. The minimum absolute atomic E-state index is 0.0735. The van der Waals surface area contributed by atoms with Crippen molar-refractivity contribution >= 4 is 23.5 Å². The highest BCUT2D eigenvalue weighted by Crippen LogP contribution is 2.34. The van der Waals surface area contributed by atoms with E-state index in [-0.39, 0.29) is 23.9 Å². The van der Waals surface area contributed by atoms with Gasteiger partial charge in [-0.15, -0.1) is 0 Å². The highest BCUT2D eigenvalue weighted by atomic mass is 35.5. The standard InChI is InChI=1S/C14H16ClFN2O3/c1-14(2,3)21-13(20)18-7-9(19)5-11(18)10-4-8(16)6-17-12(10)15/h4,6,11H,5,7H2,1-3H3. The van der Waals surface area contributed by atoms with Crippen LogP contribution in [0.25, 0.3) is 0 Å². The number of likely N-dealkylation sites (tertiary alicyclic amines) is 1.